The van der Waals surface area contributed by atoms with Gasteiger partial charge >= 0.3 is 0 Å². The zero-order valence-electron chi connectivity index (χ0n) is 22.4. The molecular formula is C28H28F2N6O4S. The van der Waals surface area contributed by atoms with E-state index < -0.39 is 21.7 Å². The maximum Gasteiger partial charge on any atom is 0.270 e. The smallest absolute Gasteiger partial charge is 0.270 e. The van der Waals surface area contributed by atoms with Crippen LogP contribution in [0.25, 0.3) is 5.65 Å². The van der Waals surface area contributed by atoms with Gasteiger partial charge in [-0.1, -0.05) is 12.1 Å². The summed E-state index contributed by atoms with van der Waals surface area (Å²) in [7, 11) is -3.84. The van der Waals surface area contributed by atoms with Crippen molar-refractivity contribution >= 4 is 39.0 Å². The van der Waals surface area contributed by atoms with E-state index in [2.05, 4.69) is 15.4 Å². The molecule has 1 aliphatic rings. The molecule has 2 aromatic heterocycles. The molecule has 214 valence electrons. The molecule has 1 fully saturated rings. The highest BCUT2D eigenvalue weighted by atomic mass is 32.2. The Hall–Kier alpha value is -4.39. The van der Waals surface area contributed by atoms with Gasteiger partial charge in [0.2, 0.25) is 10.0 Å². The quantitative estimate of drug-likeness (QED) is 0.335. The van der Waals surface area contributed by atoms with E-state index >= 15 is 0 Å². The third-order valence-electron chi connectivity index (χ3n) is 7.20. The SMILES string of the molecule is CCS(=O)(=O)NC(=O)c1cnn2c(Nc3ccc(F)cc3C)c(C(=O)N3CCC(c4ccc(F)cc4)CC3)cnc12. The van der Waals surface area contributed by atoms with Gasteiger partial charge in [0.25, 0.3) is 11.8 Å². The Bertz CT molecular complexity index is 1730. The summed E-state index contributed by atoms with van der Waals surface area (Å²) in [4.78, 5) is 32.5. The molecule has 2 N–H and O–H groups in total. The number of carbonyl (C=O) groups excluding carboxylic acids is 2. The summed E-state index contributed by atoms with van der Waals surface area (Å²) in [6.07, 6.45) is 3.86. The third kappa shape index (κ3) is 5.89. The van der Waals surface area contributed by atoms with Crippen LogP contribution in [0.2, 0.25) is 0 Å². The van der Waals surface area contributed by atoms with Crippen LogP contribution in [0.4, 0.5) is 20.3 Å². The second-order valence-corrected chi connectivity index (χ2v) is 11.9. The number of benzene rings is 2. The molecule has 0 aliphatic carbocycles. The number of amides is 2. The molecule has 41 heavy (non-hydrogen) atoms. The van der Waals surface area contributed by atoms with Crippen molar-refractivity contribution in [1.82, 2.24) is 24.2 Å². The number of halogens is 2. The van der Waals surface area contributed by atoms with Crippen LogP contribution in [0.3, 0.4) is 0 Å². The molecule has 10 nitrogen and oxygen atoms in total. The van der Waals surface area contributed by atoms with Crippen molar-refractivity contribution in [2.75, 3.05) is 24.2 Å². The van der Waals surface area contributed by atoms with Gasteiger partial charge < -0.3 is 10.2 Å². The van der Waals surface area contributed by atoms with E-state index in [0.29, 0.717) is 37.2 Å². The van der Waals surface area contributed by atoms with Gasteiger partial charge in [-0.25, -0.2) is 26.9 Å². The van der Waals surface area contributed by atoms with Crippen molar-refractivity contribution < 1.29 is 26.8 Å². The molecule has 0 saturated carbocycles. The fraction of sp³-hybridized carbons (Fsp3) is 0.286. The van der Waals surface area contributed by atoms with Gasteiger partial charge in [0.15, 0.2) is 5.65 Å². The lowest BCUT2D eigenvalue weighted by Gasteiger charge is -2.32. The second-order valence-electron chi connectivity index (χ2n) is 9.85. The summed E-state index contributed by atoms with van der Waals surface area (Å²) in [5.74, 6) is -1.87. The molecule has 0 unspecified atom stereocenters. The maximum absolute atomic E-state index is 13.8. The summed E-state index contributed by atoms with van der Waals surface area (Å²) in [6.45, 7) is 4.01. The average Bonchev–Trinajstić information content (AvgIpc) is 3.39. The van der Waals surface area contributed by atoms with Crippen LogP contribution in [0, 0.1) is 18.6 Å². The highest BCUT2D eigenvalue weighted by molar-refractivity contribution is 7.90. The Morgan fingerprint density at radius 2 is 1.68 bits per heavy atom. The molecule has 0 atom stereocenters. The van der Waals surface area contributed by atoms with Gasteiger partial charge in [-0.2, -0.15) is 9.61 Å². The van der Waals surface area contributed by atoms with Crippen molar-refractivity contribution in [3.05, 3.63) is 88.7 Å². The van der Waals surface area contributed by atoms with Gasteiger partial charge in [0, 0.05) is 25.0 Å². The van der Waals surface area contributed by atoms with Crippen molar-refractivity contribution in [1.29, 1.82) is 0 Å². The number of aromatic nitrogens is 3. The highest BCUT2D eigenvalue weighted by Gasteiger charge is 2.29. The Morgan fingerprint density at radius 1 is 1.00 bits per heavy atom. The molecule has 4 aromatic rings. The Balaban J connectivity index is 1.48. The van der Waals surface area contributed by atoms with E-state index in [1.807, 2.05) is 4.72 Å². The summed E-state index contributed by atoms with van der Waals surface area (Å²) in [6, 6.07) is 10.5. The first-order valence-corrected chi connectivity index (χ1v) is 14.7. The highest BCUT2D eigenvalue weighted by Crippen LogP contribution is 2.31. The number of nitrogens with zero attached hydrogens (tertiary/aromatic N) is 4. The van der Waals surface area contributed by atoms with E-state index in [4.69, 9.17) is 0 Å². The van der Waals surface area contributed by atoms with Gasteiger partial charge in [-0.15, -0.1) is 0 Å². The Labute approximate surface area is 235 Å². The lowest BCUT2D eigenvalue weighted by molar-refractivity contribution is 0.0713. The average molecular weight is 583 g/mol. The number of carbonyl (C=O) groups is 2. The number of nitrogens with one attached hydrogen (secondary N) is 2. The van der Waals surface area contributed by atoms with Crippen LogP contribution in [0.5, 0.6) is 0 Å². The molecule has 0 bridgehead atoms. The van der Waals surface area contributed by atoms with Gasteiger partial charge in [0.1, 0.15) is 28.6 Å². The minimum absolute atomic E-state index is 0.0302. The number of piperidine rings is 1. The number of hydrogen-bond acceptors (Lipinski definition) is 7. The minimum atomic E-state index is -3.84. The predicted molar refractivity (Wildman–Crippen MR) is 149 cm³/mol. The Morgan fingerprint density at radius 3 is 2.34 bits per heavy atom. The zero-order valence-corrected chi connectivity index (χ0v) is 23.2. The molecule has 3 heterocycles. The minimum Gasteiger partial charge on any atom is -0.339 e. The molecular weight excluding hydrogens is 554 g/mol. The molecule has 2 amide bonds. The molecule has 1 saturated heterocycles. The van der Waals surface area contributed by atoms with E-state index in [9.17, 15) is 26.8 Å². The zero-order chi connectivity index (χ0) is 29.3. The molecule has 0 spiro atoms. The van der Waals surface area contributed by atoms with Gasteiger partial charge in [-0.3, -0.25) is 9.59 Å². The lowest BCUT2D eigenvalue weighted by atomic mass is 9.89. The molecule has 13 heteroatoms. The van der Waals surface area contributed by atoms with E-state index in [0.717, 1.165) is 5.56 Å². The summed E-state index contributed by atoms with van der Waals surface area (Å²) >= 11 is 0. The van der Waals surface area contributed by atoms with Crippen molar-refractivity contribution in [2.24, 2.45) is 0 Å². The number of fused-ring (bicyclic) bond motifs is 1. The standard InChI is InChI=1S/C28H28F2N6O4S/c1-3-41(39,40)34-27(37)22-16-32-36-25(22)31-15-23(26(36)33-24-9-8-21(30)14-17(24)2)28(38)35-12-10-19(11-13-35)18-4-6-20(29)7-5-18/h4-9,14-16,19,33H,3,10-13H2,1-2H3,(H,34,37). The number of sulfonamides is 1. The number of anilines is 2. The van der Waals surface area contributed by atoms with Crippen LogP contribution < -0.4 is 10.0 Å². The maximum atomic E-state index is 13.8. The van der Waals surface area contributed by atoms with Crippen molar-refractivity contribution in [2.45, 2.75) is 32.6 Å². The summed E-state index contributed by atoms with van der Waals surface area (Å²) in [5.41, 5.74) is 2.18. The first-order chi connectivity index (χ1) is 19.6. The first kappa shape index (κ1) is 28.1. The number of hydrogen-bond donors (Lipinski definition) is 2. The second kappa shape index (κ2) is 11.2. The lowest BCUT2D eigenvalue weighted by Crippen LogP contribution is -2.38. The van der Waals surface area contributed by atoms with Crippen LogP contribution in [-0.2, 0) is 10.0 Å². The van der Waals surface area contributed by atoms with E-state index in [1.54, 1.807) is 24.0 Å². The number of likely N-dealkylation sites (tertiary alicyclic amines) is 1. The molecule has 0 radical (unpaired) electrons. The molecule has 1 aliphatic heterocycles. The largest absolute Gasteiger partial charge is 0.339 e. The van der Waals surface area contributed by atoms with E-state index in [1.165, 1.54) is 54.2 Å². The van der Waals surface area contributed by atoms with Crippen LogP contribution in [-0.4, -0.2) is 58.6 Å². The normalized spacial score (nSPS) is 14.3. The Kier molecular flexibility index (Phi) is 7.72. The van der Waals surface area contributed by atoms with Crippen molar-refractivity contribution in [3.63, 3.8) is 0 Å². The fourth-order valence-electron chi connectivity index (χ4n) is 4.85. The van der Waals surface area contributed by atoms with Crippen LogP contribution in [0.15, 0.2) is 54.9 Å². The van der Waals surface area contributed by atoms with Gasteiger partial charge in [0.05, 0.1) is 11.9 Å². The van der Waals surface area contributed by atoms with E-state index in [-0.39, 0.29) is 46.0 Å². The first-order valence-electron chi connectivity index (χ1n) is 13.1. The van der Waals surface area contributed by atoms with Crippen LogP contribution >= 0.6 is 0 Å². The monoisotopic (exact) mass is 582 g/mol. The third-order valence-corrected chi connectivity index (χ3v) is 8.45. The van der Waals surface area contributed by atoms with Crippen LogP contribution in [0.1, 0.15) is 57.5 Å². The number of aryl methyl sites for hydroxylation is 1. The van der Waals surface area contributed by atoms with Crippen molar-refractivity contribution in [3.8, 4) is 0 Å². The fourth-order valence-corrected chi connectivity index (χ4v) is 5.39. The topological polar surface area (TPSA) is 126 Å². The molecule has 2 aromatic carbocycles. The van der Waals surface area contributed by atoms with Gasteiger partial charge in [-0.05, 0) is 74.1 Å². The summed E-state index contributed by atoms with van der Waals surface area (Å²) < 4.78 is 54.3. The predicted octanol–water partition coefficient (Wildman–Crippen LogP) is 4.16. The number of rotatable bonds is 7. The molecule has 5 rings (SSSR count). The summed E-state index contributed by atoms with van der Waals surface area (Å²) in [5, 5.41) is 7.39.